The summed E-state index contributed by atoms with van der Waals surface area (Å²) in [7, 11) is -3.64. The number of anilines is 1. The fourth-order valence-electron chi connectivity index (χ4n) is 1.74. The van der Waals surface area contributed by atoms with E-state index in [1.165, 1.54) is 12.4 Å². The van der Waals surface area contributed by atoms with Crippen LogP contribution in [0.25, 0.3) is 0 Å². The molecular weight excluding hydrogens is 274 g/mol. The number of sulfonamides is 1. The van der Waals surface area contributed by atoms with Crippen LogP contribution < -0.4 is 4.72 Å². The van der Waals surface area contributed by atoms with Gasteiger partial charge in [0.1, 0.15) is 0 Å². The maximum atomic E-state index is 12.2. The molecule has 1 aromatic heterocycles. The zero-order chi connectivity index (χ0) is 14.6. The molecule has 106 valence electrons. The molecule has 1 aromatic carbocycles. The van der Waals surface area contributed by atoms with Crippen LogP contribution >= 0.6 is 0 Å². The van der Waals surface area contributed by atoms with Gasteiger partial charge in [0.25, 0.3) is 10.0 Å². The second-order valence-corrected chi connectivity index (χ2v) is 6.24. The Bertz CT molecular complexity index is 655. The third-order valence-electron chi connectivity index (χ3n) is 3.16. The molecule has 2 rings (SSSR count). The van der Waals surface area contributed by atoms with E-state index in [0.717, 1.165) is 12.0 Å². The lowest BCUT2D eigenvalue weighted by atomic mass is 9.99. The maximum absolute atomic E-state index is 12.2. The van der Waals surface area contributed by atoms with Crippen LogP contribution in [0.3, 0.4) is 0 Å². The molecule has 0 aliphatic rings. The summed E-state index contributed by atoms with van der Waals surface area (Å²) in [5.74, 6) is 0.482. The smallest absolute Gasteiger partial charge is 0.247 e. The van der Waals surface area contributed by atoms with Gasteiger partial charge in [0, 0.05) is 12.4 Å². The van der Waals surface area contributed by atoms with Crippen LogP contribution in [0.5, 0.6) is 0 Å². The summed E-state index contributed by atoms with van der Waals surface area (Å²) in [4.78, 5) is 7.90. The van der Waals surface area contributed by atoms with Crippen LogP contribution in [-0.4, -0.2) is 18.4 Å². The average molecular weight is 291 g/mol. The van der Waals surface area contributed by atoms with Crippen molar-refractivity contribution in [1.82, 2.24) is 9.97 Å². The summed E-state index contributed by atoms with van der Waals surface area (Å²) in [6.07, 6.45) is 3.98. The van der Waals surface area contributed by atoms with Crippen molar-refractivity contribution >= 4 is 16.0 Å². The first-order valence-corrected chi connectivity index (χ1v) is 7.91. The third-order valence-corrected chi connectivity index (χ3v) is 4.51. The minimum atomic E-state index is -3.64. The van der Waals surface area contributed by atoms with E-state index < -0.39 is 10.0 Å². The lowest BCUT2D eigenvalue weighted by Crippen LogP contribution is -2.14. The van der Waals surface area contributed by atoms with Crippen LogP contribution in [0.1, 0.15) is 31.7 Å². The van der Waals surface area contributed by atoms with E-state index >= 15 is 0 Å². The van der Waals surface area contributed by atoms with Gasteiger partial charge < -0.3 is 0 Å². The standard InChI is InChI=1S/C14H17N3O2S/c1-3-11(2)12-5-7-13(8-6-12)20(18,19)17-14-15-9-4-10-16-14/h4-11H,3H2,1-2H3,(H,15,16,17). The van der Waals surface area contributed by atoms with Crippen LogP contribution in [-0.2, 0) is 10.0 Å². The number of hydrogen-bond acceptors (Lipinski definition) is 4. The highest BCUT2D eigenvalue weighted by atomic mass is 32.2. The van der Waals surface area contributed by atoms with Crippen molar-refractivity contribution in [2.45, 2.75) is 31.1 Å². The molecule has 0 aliphatic carbocycles. The van der Waals surface area contributed by atoms with Crippen molar-refractivity contribution in [1.29, 1.82) is 0 Å². The minimum Gasteiger partial charge on any atom is -0.247 e. The molecular formula is C14H17N3O2S. The van der Waals surface area contributed by atoms with Gasteiger partial charge in [-0.1, -0.05) is 26.0 Å². The van der Waals surface area contributed by atoms with Crippen molar-refractivity contribution in [3.63, 3.8) is 0 Å². The Balaban J connectivity index is 2.22. The van der Waals surface area contributed by atoms with E-state index in [9.17, 15) is 8.42 Å². The quantitative estimate of drug-likeness (QED) is 0.919. The molecule has 1 heterocycles. The number of rotatable bonds is 5. The first-order chi connectivity index (χ1) is 9.53. The number of nitrogens with one attached hydrogen (secondary N) is 1. The molecule has 0 spiro atoms. The molecule has 1 unspecified atom stereocenters. The Kier molecular flexibility index (Phi) is 4.34. The largest absolute Gasteiger partial charge is 0.264 e. The molecule has 6 heteroatoms. The highest BCUT2D eigenvalue weighted by molar-refractivity contribution is 7.92. The molecule has 1 N–H and O–H groups in total. The van der Waals surface area contributed by atoms with Crippen molar-refractivity contribution < 1.29 is 8.42 Å². The predicted molar refractivity (Wildman–Crippen MR) is 78.0 cm³/mol. The second-order valence-electron chi connectivity index (χ2n) is 4.56. The first-order valence-electron chi connectivity index (χ1n) is 6.42. The van der Waals surface area contributed by atoms with E-state index in [-0.39, 0.29) is 10.8 Å². The second kappa shape index (κ2) is 6.00. The van der Waals surface area contributed by atoms with Crippen molar-refractivity contribution in [2.24, 2.45) is 0 Å². The lowest BCUT2D eigenvalue weighted by molar-refractivity contribution is 0.600. The zero-order valence-corrected chi connectivity index (χ0v) is 12.3. The average Bonchev–Trinajstić information content (AvgIpc) is 2.47. The van der Waals surface area contributed by atoms with Crippen molar-refractivity contribution in [3.05, 3.63) is 48.3 Å². The Morgan fingerprint density at radius 1 is 1.15 bits per heavy atom. The molecule has 0 aliphatic heterocycles. The van der Waals surface area contributed by atoms with E-state index in [1.54, 1.807) is 18.2 Å². The summed E-state index contributed by atoms with van der Waals surface area (Å²) >= 11 is 0. The van der Waals surface area contributed by atoms with Crippen LogP contribution in [0.2, 0.25) is 0 Å². The molecule has 0 bridgehead atoms. The summed E-state index contributed by atoms with van der Waals surface area (Å²) < 4.78 is 26.7. The Labute approximate surface area is 119 Å². The van der Waals surface area contributed by atoms with E-state index in [4.69, 9.17) is 0 Å². The molecule has 0 amide bonds. The minimum absolute atomic E-state index is 0.0681. The van der Waals surface area contributed by atoms with Crippen LogP contribution in [0, 0.1) is 0 Å². The van der Waals surface area contributed by atoms with Crippen LogP contribution in [0.15, 0.2) is 47.6 Å². The van der Waals surface area contributed by atoms with E-state index in [0.29, 0.717) is 5.92 Å². The van der Waals surface area contributed by atoms with Gasteiger partial charge >= 0.3 is 0 Å². The van der Waals surface area contributed by atoms with Crippen molar-refractivity contribution in [3.8, 4) is 0 Å². The van der Waals surface area contributed by atoms with Gasteiger partial charge in [-0.15, -0.1) is 0 Å². The Morgan fingerprint density at radius 2 is 1.75 bits per heavy atom. The fourth-order valence-corrected chi connectivity index (χ4v) is 2.70. The third kappa shape index (κ3) is 3.33. The Morgan fingerprint density at radius 3 is 2.30 bits per heavy atom. The maximum Gasteiger partial charge on any atom is 0.264 e. The van der Waals surface area contributed by atoms with Gasteiger partial charge in [0.2, 0.25) is 5.95 Å². The van der Waals surface area contributed by atoms with Gasteiger partial charge in [-0.2, -0.15) is 0 Å². The topological polar surface area (TPSA) is 72.0 Å². The molecule has 0 fully saturated rings. The monoisotopic (exact) mass is 291 g/mol. The van der Waals surface area contributed by atoms with E-state index in [1.807, 2.05) is 12.1 Å². The van der Waals surface area contributed by atoms with Gasteiger partial charge in [-0.05, 0) is 36.1 Å². The Hall–Kier alpha value is -1.95. The van der Waals surface area contributed by atoms with Gasteiger partial charge in [0.15, 0.2) is 0 Å². The van der Waals surface area contributed by atoms with Crippen LogP contribution in [0.4, 0.5) is 5.95 Å². The van der Waals surface area contributed by atoms with Crippen molar-refractivity contribution in [2.75, 3.05) is 4.72 Å². The highest BCUT2D eigenvalue weighted by Crippen LogP contribution is 2.21. The molecule has 1 atom stereocenters. The molecule has 2 aromatic rings. The molecule has 0 saturated carbocycles. The summed E-state index contributed by atoms with van der Waals surface area (Å²) in [6, 6.07) is 8.52. The van der Waals surface area contributed by atoms with E-state index in [2.05, 4.69) is 28.5 Å². The SMILES string of the molecule is CCC(C)c1ccc(S(=O)(=O)Nc2ncccn2)cc1. The number of hydrogen-bond donors (Lipinski definition) is 1. The summed E-state index contributed by atoms with van der Waals surface area (Å²) in [6.45, 7) is 4.21. The summed E-state index contributed by atoms with van der Waals surface area (Å²) in [5, 5.41) is 0. The highest BCUT2D eigenvalue weighted by Gasteiger charge is 2.15. The van der Waals surface area contributed by atoms with Gasteiger partial charge in [-0.3, -0.25) is 0 Å². The molecule has 0 saturated heterocycles. The number of nitrogens with zero attached hydrogens (tertiary/aromatic N) is 2. The fraction of sp³-hybridized carbons (Fsp3) is 0.286. The lowest BCUT2D eigenvalue weighted by Gasteiger charge is -2.10. The number of benzene rings is 1. The first kappa shape index (κ1) is 14.5. The molecule has 20 heavy (non-hydrogen) atoms. The molecule has 5 nitrogen and oxygen atoms in total. The van der Waals surface area contributed by atoms with Gasteiger partial charge in [0.05, 0.1) is 4.90 Å². The zero-order valence-electron chi connectivity index (χ0n) is 11.4. The summed E-state index contributed by atoms with van der Waals surface area (Å²) in [5.41, 5.74) is 1.13. The molecule has 0 radical (unpaired) electrons. The predicted octanol–water partition coefficient (Wildman–Crippen LogP) is 2.79. The normalized spacial score (nSPS) is 12.9. The van der Waals surface area contributed by atoms with Gasteiger partial charge in [-0.25, -0.2) is 23.1 Å². The number of aromatic nitrogens is 2.